The Morgan fingerprint density at radius 1 is 1.17 bits per heavy atom. The molecule has 3 amide bonds. The van der Waals surface area contributed by atoms with Crippen molar-refractivity contribution in [1.29, 1.82) is 0 Å². The Balaban J connectivity index is 1.56. The van der Waals surface area contributed by atoms with E-state index in [-0.39, 0.29) is 11.3 Å². The van der Waals surface area contributed by atoms with E-state index in [1.165, 1.54) is 30.4 Å². The Morgan fingerprint density at radius 2 is 1.93 bits per heavy atom. The van der Waals surface area contributed by atoms with Gasteiger partial charge in [0.2, 0.25) is 0 Å². The minimum atomic E-state index is -1.24. The third-order valence-electron chi connectivity index (χ3n) is 5.73. The summed E-state index contributed by atoms with van der Waals surface area (Å²) in [5, 5.41) is 2.72. The first kappa shape index (κ1) is 19.1. The summed E-state index contributed by atoms with van der Waals surface area (Å²) in [7, 11) is 1.33. The van der Waals surface area contributed by atoms with Gasteiger partial charge in [-0.3, -0.25) is 14.5 Å². The predicted octanol–water partition coefficient (Wildman–Crippen LogP) is 2.97. The van der Waals surface area contributed by atoms with E-state index in [4.69, 9.17) is 4.74 Å². The van der Waals surface area contributed by atoms with Gasteiger partial charge in [0.1, 0.15) is 5.54 Å². The molecule has 1 aliphatic carbocycles. The second kappa shape index (κ2) is 6.99. The molecule has 1 heterocycles. The number of ether oxygens (including phenoxy) is 1. The number of carbonyl (C=O) groups excluding carboxylic acids is 3. The SMILES string of the molecule is COc1ccc(C(=O)CN2C(=O)N[C@@](C)(c3ccc4c(c3)CCC4)C2=O)cc1F. The fraction of sp³-hybridized carbons (Fsp3) is 0.318. The third-order valence-corrected chi connectivity index (χ3v) is 5.73. The highest BCUT2D eigenvalue weighted by Crippen LogP contribution is 2.32. The first-order chi connectivity index (χ1) is 13.8. The number of nitrogens with zero attached hydrogens (tertiary/aromatic N) is 1. The molecule has 2 aromatic carbocycles. The molecule has 6 nitrogen and oxygen atoms in total. The second-order valence-corrected chi connectivity index (χ2v) is 7.56. The van der Waals surface area contributed by atoms with Gasteiger partial charge in [-0.15, -0.1) is 0 Å². The molecule has 1 saturated heterocycles. The number of ketones is 1. The molecule has 7 heteroatoms. The number of aryl methyl sites for hydroxylation is 2. The molecule has 1 fully saturated rings. The summed E-state index contributed by atoms with van der Waals surface area (Å²) in [5.41, 5.74) is 1.98. The van der Waals surface area contributed by atoms with E-state index in [9.17, 15) is 18.8 Å². The number of urea groups is 1. The summed E-state index contributed by atoms with van der Waals surface area (Å²) in [5.74, 6) is -1.70. The maximum Gasteiger partial charge on any atom is 0.325 e. The predicted molar refractivity (Wildman–Crippen MR) is 103 cm³/mol. The van der Waals surface area contributed by atoms with Crippen LogP contribution in [-0.4, -0.2) is 36.3 Å². The number of methoxy groups -OCH3 is 1. The highest BCUT2D eigenvalue weighted by molar-refractivity contribution is 6.11. The van der Waals surface area contributed by atoms with Crippen LogP contribution in [0.25, 0.3) is 0 Å². The highest BCUT2D eigenvalue weighted by atomic mass is 19.1. The van der Waals surface area contributed by atoms with Gasteiger partial charge in [0.05, 0.1) is 13.7 Å². The average molecular weight is 396 g/mol. The number of Topliss-reactive ketones (excluding diaryl/α,β-unsaturated/α-hetero) is 1. The zero-order chi connectivity index (χ0) is 20.8. The lowest BCUT2D eigenvalue weighted by Crippen LogP contribution is -2.41. The first-order valence-electron chi connectivity index (χ1n) is 9.46. The van der Waals surface area contributed by atoms with Crippen LogP contribution >= 0.6 is 0 Å². The molecule has 0 spiro atoms. The fourth-order valence-corrected chi connectivity index (χ4v) is 3.99. The molecule has 4 rings (SSSR count). The van der Waals surface area contributed by atoms with Crippen LogP contribution in [0.4, 0.5) is 9.18 Å². The van der Waals surface area contributed by atoms with E-state index in [2.05, 4.69) is 5.32 Å². The quantitative estimate of drug-likeness (QED) is 0.623. The lowest BCUT2D eigenvalue weighted by atomic mass is 9.89. The lowest BCUT2D eigenvalue weighted by Gasteiger charge is -2.23. The number of carbonyl (C=O) groups is 3. The molecule has 0 saturated carbocycles. The standard InChI is InChI=1S/C22H21FN2O4/c1-22(16-8-6-13-4-3-5-14(13)10-16)20(27)25(21(28)24-22)12-18(26)15-7-9-19(29-2)17(23)11-15/h6-11H,3-5,12H2,1-2H3,(H,24,28)/t22-/m0/s1. The van der Waals surface area contributed by atoms with Crippen molar-refractivity contribution in [2.45, 2.75) is 31.7 Å². The molecule has 0 bridgehead atoms. The van der Waals surface area contributed by atoms with Gasteiger partial charge in [-0.05, 0) is 61.1 Å². The smallest absolute Gasteiger partial charge is 0.325 e. The monoisotopic (exact) mass is 396 g/mol. The number of nitrogens with one attached hydrogen (secondary N) is 1. The fourth-order valence-electron chi connectivity index (χ4n) is 3.99. The Bertz CT molecular complexity index is 1040. The molecular formula is C22H21FN2O4. The van der Waals surface area contributed by atoms with Gasteiger partial charge in [-0.25, -0.2) is 9.18 Å². The Labute approximate surface area is 167 Å². The molecule has 1 aliphatic heterocycles. The summed E-state index contributed by atoms with van der Waals surface area (Å²) in [4.78, 5) is 39.0. The first-order valence-corrected chi connectivity index (χ1v) is 9.46. The van der Waals surface area contributed by atoms with Crippen LogP contribution in [-0.2, 0) is 23.2 Å². The number of rotatable bonds is 5. The van der Waals surface area contributed by atoms with Crippen molar-refractivity contribution < 1.29 is 23.5 Å². The molecule has 150 valence electrons. The van der Waals surface area contributed by atoms with E-state index >= 15 is 0 Å². The molecule has 0 aromatic heterocycles. The van der Waals surface area contributed by atoms with E-state index in [0.717, 1.165) is 30.2 Å². The average Bonchev–Trinajstić information content (AvgIpc) is 3.26. The molecule has 2 aromatic rings. The number of hydrogen-bond donors (Lipinski definition) is 1. The van der Waals surface area contributed by atoms with E-state index in [1.807, 2.05) is 18.2 Å². The van der Waals surface area contributed by atoms with E-state index in [0.29, 0.717) is 5.56 Å². The van der Waals surface area contributed by atoms with Crippen molar-refractivity contribution in [3.63, 3.8) is 0 Å². The Kier molecular flexibility index (Phi) is 4.61. The van der Waals surface area contributed by atoms with Crippen LogP contribution in [0.3, 0.4) is 0 Å². The molecule has 1 N–H and O–H groups in total. The van der Waals surface area contributed by atoms with Crippen molar-refractivity contribution in [2.24, 2.45) is 0 Å². The summed E-state index contributed by atoms with van der Waals surface area (Å²) in [6.07, 6.45) is 3.05. The molecule has 0 unspecified atom stereocenters. The van der Waals surface area contributed by atoms with Crippen LogP contribution in [0.1, 0.15) is 40.4 Å². The number of hydrogen-bond acceptors (Lipinski definition) is 4. The zero-order valence-electron chi connectivity index (χ0n) is 16.3. The van der Waals surface area contributed by atoms with E-state index < -0.39 is 35.6 Å². The maximum absolute atomic E-state index is 13.9. The van der Waals surface area contributed by atoms with Crippen LogP contribution in [0.5, 0.6) is 5.75 Å². The molecular weight excluding hydrogens is 375 g/mol. The number of amides is 3. The van der Waals surface area contributed by atoms with Crippen molar-refractivity contribution >= 4 is 17.7 Å². The second-order valence-electron chi connectivity index (χ2n) is 7.56. The van der Waals surface area contributed by atoms with Crippen LogP contribution in [0.2, 0.25) is 0 Å². The zero-order valence-corrected chi connectivity index (χ0v) is 16.3. The van der Waals surface area contributed by atoms with E-state index in [1.54, 1.807) is 6.92 Å². The van der Waals surface area contributed by atoms with Crippen molar-refractivity contribution in [3.05, 3.63) is 64.5 Å². The number of benzene rings is 2. The van der Waals surface area contributed by atoms with Crippen molar-refractivity contribution in [2.75, 3.05) is 13.7 Å². The topological polar surface area (TPSA) is 75.7 Å². The molecule has 29 heavy (non-hydrogen) atoms. The molecule has 1 atom stereocenters. The Hall–Kier alpha value is -3.22. The number of fused-ring (bicyclic) bond motifs is 1. The minimum absolute atomic E-state index is 0.0146. The summed E-state index contributed by atoms with van der Waals surface area (Å²) < 4.78 is 18.7. The summed E-state index contributed by atoms with van der Waals surface area (Å²) in [6.45, 7) is 1.18. The van der Waals surface area contributed by atoms with Crippen molar-refractivity contribution in [1.82, 2.24) is 10.2 Å². The minimum Gasteiger partial charge on any atom is -0.494 e. The largest absolute Gasteiger partial charge is 0.494 e. The summed E-state index contributed by atoms with van der Waals surface area (Å²) in [6, 6.07) is 8.96. The van der Waals surface area contributed by atoms with Crippen LogP contribution in [0, 0.1) is 5.82 Å². The summed E-state index contributed by atoms with van der Waals surface area (Å²) >= 11 is 0. The van der Waals surface area contributed by atoms with Crippen molar-refractivity contribution in [3.8, 4) is 5.75 Å². The van der Waals surface area contributed by atoms with Gasteiger partial charge in [0.15, 0.2) is 17.3 Å². The van der Waals surface area contributed by atoms with Crippen LogP contribution < -0.4 is 10.1 Å². The maximum atomic E-state index is 13.9. The number of imide groups is 1. The van der Waals surface area contributed by atoms with Gasteiger partial charge >= 0.3 is 6.03 Å². The third kappa shape index (κ3) is 3.16. The van der Waals surface area contributed by atoms with Gasteiger partial charge in [0, 0.05) is 5.56 Å². The normalized spacial score (nSPS) is 20.6. The van der Waals surface area contributed by atoms with Gasteiger partial charge in [-0.2, -0.15) is 0 Å². The Morgan fingerprint density at radius 3 is 2.66 bits per heavy atom. The van der Waals surface area contributed by atoms with Gasteiger partial charge in [0.25, 0.3) is 5.91 Å². The highest BCUT2D eigenvalue weighted by Gasteiger charge is 2.49. The van der Waals surface area contributed by atoms with Crippen LogP contribution in [0.15, 0.2) is 36.4 Å². The lowest BCUT2D eigenvalue weighted by molar-refractivity contribution is -0.130. The number of halogens is 1. The van der Waals surface area contributed by atoms with Gasteiger partial charge in [-0.1, -0.05) is 18.2 Å². The molecule has 2 aliphatic rings. The molecule has 0 radical (unpaired) electrons. The van der Waals surface area contributed by atoms with Gasteiger partial charge < -0.3 is 10.1 Å².